The van der Waals surface area contributed by atoms with Crippen LogP contribution in [0.5, 0.6) is 0 Å². The van der Waals surface area contributed by atoms with Crippen molar-refractivity contribution in [2.75, 3.05) is 13.1 Å². The van der Waals surface area contributed by atoms with E-state index in [4.69, 9.17) is 11.6 Å². The van der Waals surface area contributed by atoms with E-state index in [0.29, 0.717) is 11.6 Å². The van der Waals surface area contributed by atoms with Crippen LogP contribution in [-0.2, 0) is 0 Å². The molecule has 0 amide bonds. The number of benzene rings is 1. The highest BCUT2D eigenvalue weighted by atomic mass is 35.5. The van der Waals surface area contributed by atoms with Gasteiger partial charge in [0.05, 0.1) is 17.0 Å². The molecule has 1 saturated heterocycles. The summed E-state index contributed by atoms with van der Waals surface area (Å²) in [5, 5.41) is 3.44. The van der Waals surface area contributed by atoms with Gasteiger partial charge in [0.2, 0.25) is 0 Å². The topological polar surface area (TPSA) is 29.9 Å². The first-order chi connectivity index (χ1) is 8.77. The molecule has 1 unspecified atom stereocenters. The second-order valence-corrected chi connectivity index (χ2v) is 4.86. The summed E-state index contributed by atoms with van der Waals surface area (Å²) in [6.45, 7) is 1.90. The van der Waals surface area contributed by atoms with Gasteiger partial charge < -0.3 is 5.32 Å². The summed E-state index contributed by atoms with van der Waals surface area (Å²) < 4.78 is 15.8. The zero-order valence-electron chi connectivity index (χ0n) is 9.74. The molecule has 0 bridgehead atoms. The minimum Gasteiger partial charge on any atom is -0.316 e. The Balaban J connectivity index is 2.06. The van der Waals surface area contributed by atoms with Crippen LogP contribution in [0.3, 0.4) is 0 Å². The fourth-order valence-corrected chi connectivity index (χ4v) is 2.56. The molecule has 1 aromatic carbocycles. The van der Waals surface area contributed by atoms with Gasteiger partial charge in [0.25, 0.3) is 0 Å². The van der Waals surface area contributed by atoms with Crippen molar-refractivity contribution in [3.63, 3.8) is 0 Å². The van der Waals surface area contributed by atoms with Crippen molar-refractivity contribution in [3.05, 3.63) is 47.3 Å². The van der Waals surface area contributed by atoms with Crippen LogP contribution in [0.4, 0.5) is 4.39 Å². The van der Waals surface area contributed by atoms with E-state index in [2.05, 4.69) is 10.3 Å². The van der Waals surface area contributed by atoms with E-state index >= 15 is 0 Å². The summed E-state index contributed by atoms with van der Waals surface area (Å²) in [7, 11) is 0. The average molecular weight is 266 g/mol. The quantitative estimate of drug-likeness (QED) is 0.905. The summed E-state index contributed by atoms with van der Waals surface area (Å²) in [6.07, 6.45) is 4.49. The molecule has 1 aliphatic heterocycles. The zero-order chi connectivity index (χ0) is 12.5. The standard InChI is InChI=1S/C13H13ClFN3/c14-10-2-1-3-11(13(10)15)18-8-17-7-12(18)9-4-5-16-6-9/h1-3,7-9,16H,4-6H2. The molecular weight excluding hydrogens is 253 g/mol. The molecule has 0 spiro atoms. The zero-order valence-corrected chi connectivity index (χ0v) is 10.5. The number of imidazole rings is 1. The van der Waals surface area contributed by atoms with E-state index < -0.39 is 5.82 Å². The maximum absolute atomic E-state index is 14.0. The highest BCUT2D eigenvalue weighted by Gasteiger charge is 2.22. The molecule has 1 N–H and O–H groups in total. The van der Waals surface area contributed by atoms with Crippen molar-refractivity contribution in [2.45, 2.75) is 12.3 Å². The first-order valence-electron chi connectivity index (χ1n) is 5.94. The first-order valence-corrected chi connectivity index (χ1v) is 6.32. The van der Waals surface area contributed by atoms with Crippen molar-refractivity contribution in [1.29, 1.82) is 0 Å². The molecule has 94 valence electrons. The van der Waals surface area contributed by atoms with Gasteiger partial charge in [0.1, 0.15) is 0 Å². The van der Waals surface area contributed by atoms with E-state index in [1.54, 1.807) is 35.3 Å². The van der Waals surface area contributed by atoms with Crippen LogP contribution in [0, 0.1) is 5.82 Å². The molecule has 0 saturated carbocycles. The lowest BCUT2D eigenvalue weighted by atomic mass is 10.1. The third kappa shape index (κ3) is 1.91. The number of aromatic nitrogens is 2. The smallest absolute Gasteiger partial charge is 0.165 e. The van der Waals surface area contributed by atoms with Crippen LogP contribution in [0.2, 0.25) is 5.02 Å². The third-order valence-electron chi connectivity index (χ3n) is 3.34. The normalized spacial score (nSPS) is 19.3. The lowest BCUT2D eigenvalue weighted by Crippen LogP contribution is -2.11. The molecule has 1 aromatic heterocycles. The number of nitrogens with one attached hydrogen (secondary N) is 1. The minimum absolute atomic E-state index is 0.136. The van der Waals surface area contributed by atoms with Crippen molar-refractivity contribution in [2.24, 2.45) is 0 Å². The molecular formula is C13H13ClFN3. The van der Waals surface area contributed by atoms with Gasteiger partial charge in [-0.15, -0.1) is 0 Å². The van der Waals surface area contributed by atoms with E-state index in [1.165, 1.54) is 0 Å². The van der Waals surface area contributed by atoms with Gasteiger partial charge in [-0.05, 0) is 25.1 Å². The molecule has 1 aliphatic rings. The Morgan fingerprint density at radius 2 is 2.33 bits per heavy atom. The molecule has 5 heteroatoms. The van der Waals surface area contributed by atoms with Crippen LogP contribution in [0.15, 0.2) is 30.7 Å². The van der Waals surface area contributed by atoms with E-state index in [1.807, 2.05) is 0 Å². The van der Waals surface area contributed by atoms with E-state index in [9.17, 15) is 4.39 Å². The maximum atomic E-state index is 14.0. The lowest BCUT2D eigenvalue weighted by molar-refractivity contribution is 0.611. The van der Waals surface area contributed by atoms with Crippen molar-refractivity contribution < 1.29 is 4.39 Å². The maximum Gasteiger partial charge on any atom is 0.165 e. The lowest BCUT2D eigenvalue weighted by Gasteiger charge is -2.13. The molecule has 0 radical (unpaired) electrons. The van der Waals surface area contributed by atoms with Crippen molar-refractivity contribution in [3.8, 4) is 5.69 Å². The summed E-state index contributed by atoms with van der Waals surface area (Å²) in [5.74, 6) is -0.0183. The summed E-state index contributed by atoms with van der Waals surface area (Å²) in [4.78, 5) is 4.14. The Hall–Kier alpha value is -1.39. The van der Waals surface area contributed by atoms with E-state index in [0.717, 1.165) is 25.2 Å². The molecule has 3 nitrogen and oxygen atoms in total. The molecule has 1 atom stereocenters. The Kier molecular flexibility index (Phi) is 3.06. The Morgan fingerprint density at radius 1 is 1.44 bits per heavy atom. The van der Waals surface area contributed by atoms with Gasteiger partial charge in [-0.1, -0.05) is 17.7 Å². The van der Waals surface area contributed by atoms with Gasteiger partial charge in [0, 0.05) is 24.4 Å². The molecule has 2 heterocycles. The van der Waals surface area contributed by atoms with Crippen LogP contribution >= 0.6 is 11.6 Å². The second-order valence-electron chi connectivity index (χ2n) is 4.45. The number of rotatable bonds is 2. The summed E-state index contributed by atoms with van der Waals surface area (Å²) in [6, 6.07) is 5.01. The van der Waals surface area contributed by atoms with Crippen molar-refractivity contribution in [1.82, 2.24) is 14.9 Å². The largest absolute Gasteiger partial charge is 0.316 e. The predicted molar refractivity (Wildman–Crippen MR) is 68.8 cm³/mol. The Labute approximate surface area is 110 Å². The average Bonchev–Trinajstić information content (AvgIpc) is 3.01. The SMILES string of the molecule is Fc1c(Cl)cccc1-n1cncc1C1CCNC1. The Morgan fingerprint density at radius 3 is 3.11 bits per heavy atom. The monoisotopic (exact) mass is 265 g/mol. The molecule has 18 heavy (non-hydrogen) atoms. The third-order valence-corrected chi connectivity index (χ3v) is 3.63. The number of hydrogen-bond donors (Lipinski definition) is 1. The molecule has 2 aromatic rings. The first kappa shape index (κ1) is 11.7. The fourth-order valence-electron chi connectivity index (χ4n) is 2.39. The second kappa shape index (κ2) is 4.71. The Bertz CT molecular complexity index is 561. The highest BCUT2D eigenvalue weighted by molar-refractivity contribution is 6.30. The molecule has 0 aliphatic carbocycles. The molecule has 3 rings (SSSR count). The van der Waals surface area contributed by atoms with Gasteiger partial charge in [-0.2, -0.15) is 0 Å². The number of hydrogen-bond acceptors (Lipinski definition) is 2. The summed E-state index contributed by atoms with van der Waals surface area (Å²) in [5.41, 5.74) is 1.49. The van der Waals surface area contributed by atoms with Crippen LogP contribution in [0.25, 0.3) is 5.69 Å². The summed E-state index contributed by atoms with van der Waals surface area (Å²) >= 11 is 5.82. The van der Waals surface area contributed by atoms with Crippen LogP contribution < -0.4 is 5.32 Å². The number of halogens is 2. The van der Waals surface area contributed by atoms with Gasteiger partial charge in [0.15, 0.2) is 5.82 Å². The highest BCUT2D eigenvalue weighted by Crippen LogP contribution is 2.27. The minimum atomic E-state index is -0.399. The fraction of sp³-hybridized carbons (Fsp3) is 0.308. The van der Waals surface area contributed by atoms with Gasteiger partial charge in [-0.3, -0.25) is 4.57 Å². The van der Waals surface area contributed by atoms with Gasteiger partial charge >= 0.3 is 0 Å². The molecule has 1 fully saturated rings. The van der Waals surface area contributed by atoms with Crippen LogP contribution in [0.1, 0.15) is 18.0 Å². The van der Waals surface area contributed by atoms with Crippen molar-refractivity contribution >= 4 is 11.6 Å². The van der Waals surface area contributed by atoms with E-state index in [-0.39, 0.29) is 5.02 Å². The number of nitrogens with zero attached hydrogens (tertiary/aromatic N) is 2. The predicted octanol–water partition coefficient (Wildman–Crippen LogP) is 2.74. The van der Waals surface area contributed by atoms with Crippen LogP contribution in [-0.4, -0.2) is 22.6 Å². The van der Waals surface area contributed by atoms with Gasteiger partial charge in [-0.25, -0.2) is 9.37 Å².